The minimum absolute atomic E-state index is 0.0323. The first-order chi connectivity index (χ1) is 11.3. The zero-order valence-corrected chi connectivity index (χ0v) is 13.7. The van der Waals surface area contributed by atoms with Crippen LogP contribution in [0.1, 0.15) is 54.3 Å². The van der Waals surface area contributed by atoms with Crippen LogP contribution in [0.4, 0.5) is 0 Å². The van der Waals surface area contributed by atoms with E-state index in [0.717, 1.165) is 5.56 Å². The van der Waals surface area contributed by atoms with E-state index in [-0.39, 0.29) is 22.3 Å². The van der Waals surface area contributed by atoms with Crippen LogP contribution in [0.15, 0.2) is 39.5 Å². The van der Waals surface area contributed by atoms with Crippen molar-refractivity contribution in [3.8, 4) is 0 Å². The molecule has 2 N–H and O–H groups in total. The Morgan fingerprint density at radius 2 is 1.79 bits per heavy atom. The molecule has 0 aliphatic heterocycles. The van der Waals surface area contributed by atoms with Gasteiger partial charge in [-0.1, -0.05) is 13.8 Å². The van der Waals surface area contributed by atoms with Gasteiger partial charge in [-0.05, 0) is 48.7 Å². The molecule has 124 valence electrons. The number of aliphatic hydroxyl groups is 1. The Kier molecular flexibility index (Phi) is 3.89. The fraction of sp³-hybridized carbons (Fsp3) is 0.263. The summed E-state index contributed by atoms with van der Waals surface area (Å²) in [6.45, 7) is 5.62. The summed E-state index contributed by atoms with van der Waals surface area (Å²) in [4.78, 5) is 24.0. The summed E-state index contributed by atoms with van der Waals surface area (Å²) in [7, 11) is 0. The summed E-state index contributed by atoms with van der Waals surface area (Å²) < 4.78 is 5.84. The van der Waals surface area contributed by atoms with Crippen molar-refractivity contribution in [2.75, 3.05) is 0 Å². The summed E-state index contributed by atoms with van der Waals surface area (Å²) >= 11 is 0. The van der Waals surface area contributed by atoms with Gasteiger partial charge in [0.05, 0.1) is 22.4 Å². The van der Waals surface area contributed by atoms with Crippen molar-refractivity contribution >= 4 is 27.9 Å². The number of rotatable bonds is 3. The van der Waals surface area contributed by atoms with Gasteiger partial charge in [0.2, 0.25) is 5.43 Å². The number of hydrogen-bond donors (Lipinski definition) is 2. The Labute approximate surface area is 138 Å². The van der Waals surface area contributed by atoms with Crippen LogP contribution >= 0.6 is 0 Å². The molecule has 1 aromatic heterocycles. The predicted molar refractivity (Wildman–Crippen MR) is 91.7 cm³/mol. The van der Waals surface area contributed by atoms with Crippen molar-refractivity contribution in [1.29, 1.82) is 0 Å². The number of benzene rings is 2. The van der Waals surface area contributed by atoms with Gasteiger partial charge in [-0.2, -0.15) is 0 Å². The van der Waals surface area contributed by atoms with E-state index in [4.69, 9.17) is 9.52 Å². The predicted octanol–water partition coefficient (Wildman–Crippen LogP) is 3.82. The third kappa shape index (κ3) is 2.57. The fourth-order valence-electron chi connectivity index (χ4n) is 2.79. The van der Waals surface area contributed by atoms with E-state index in [9.17, 15) is 14.7 Å². The zero-order valence-electron chi connectivity index (χ0n) is 13.7. The van der Waals surface area contributed by atoms with E-state index in [1.54, 1.807) is 13.0 Å². The second-order valence-corrected chi connectivity index (χ2v) is 6.26. The molecule has 1 heterocycles. The monoisotopic (exact) mass is 326 g/mol. The van der Waals surface area contributed by atoms with E-state index in [2.05, 4.69) is 0 Å². The van der Waals surface area contributed by atoms with E-state index in [1.807, 2.05) is 19.9 Å². The van der Waals surface area contributed by atoms with Gasteiger partial charge in [-0.25, -0.2) is 4.79 Å². The molecule has 5 nitrogen and oxygen atoms in total. The summed E-state index contributed by atoms with van der Waals surface area (Å²) in [5.41, 5.74) is 1.85. The lowest BCUT2D eigenvalue weighted by atomic mass is 9.95. The Bertz CT molecular complexity index is 1010. The van der Waals surface area contributed by atoms with Crippen LogP contribution in [-0.4, -0.2) is 16.2 Å². The molecule has 0 amide bonds. The van der Waals surface area contributed by atoms with Crippen LogP contribution in [0, 0.1) is 0 Å². The molecule has 1 atom stereocenters. The molecule has 0 saturated carbocycles. The highest BCUT2D eigenvalue weighted by Crippen LogP contribution is 2.30. The molecule has 0 bridgehead atoms. The molecule has 24 heavy (non-hydrogen) atoms. The van der Waals surface area contributed by atoms with Gasteiger partial charge in [0.25, 0.3) is 0 Å². The average molecular weight is 326 g/mol. The van der Waals surface area contributed by atoms with Crippen molar-refractivity contribution in [2.24, 2.45) is 0 Å². The largest absolute Gasteiger partial charge is 0.478 e. The molecule has 0 saturated heterocycles. The Morgan fingerprint density at radius 1 is 1.08 bits per heavy atom. The maximum absolute atomic E-state index is 12.9. The summed E-state index contributed by atoms with van der Waals surface area (Å²) in [5.74, 6) is -0.927. The standard InChI is InChI=1S/C19H18O5/c1-9(2)12-7-13(10(3)20)18-15(8-12)17(21)14-6-11(19(22)23)4-5-16(14)24-18/h4-10,20H,1-3H3,(H,22,23). The number of carboxylic acids is 1. The molecular weight excluding hydrogens is 308 g/mol. The second-order valence-electron chi connectivity index (χ2n) is 6.26. The van der Waals surface area contributed by atoms with Crippen molar-refractivity contribution in [2.45, 2.75) is 32.8 Å². The van der Waals surface area contributed by atoms with Crippen LogP contribution < -0.4 is 5.43 Å². The van der Waals surface area contributed by atoms with Gasteiger partial charge < -0.3 is 14.6 Å². The van der Waals surface area contributed by atoms with Gasteiger partial charge in [-0.3, -0.25) is 4.79 Å². The first-order valence-corrected chi connectivity index (χ1v) is 7.75. The van der Waals surface area contributed by atoms with E-state index < -0.39 is 12.1 Å². The number of aliphatic hydroxyl groups excluding tert-OH is 1. The fourth-order valence-corrected chi connectivity index (χ4v) is 2.79. The number of carbonyl (C=O) groups is 1. The number of hydrogen-bond acceptors (Lipinski definition) is 4. The highest BCUT2D eigenvalue weighted by Gasteiger charge is 2.17. The van der Waals surface area contributed by atoms with Crippen molar-refractivity contribution < 1.29 is 19.4 Å². The highest BCUT2D eigenvalue weighted by molar-refractivity contribution is 5.96. The summed E-state index contributed by atoms with van der Waals surface area (Å²) in [6, 6.07) is 7.79. The number of fused-ring (bicyclic) bond motifs is 2. The van der Waals surface area contributed by atoms with Gasteiger partial charge in [0, 0.05) is 5.56 Å². The molecule has 0 aliphatic carbocycles. The van der Waals surface area contributed by atoms with Crippen molar-refractivity contribution in [1.82, 2.24) is 0 Å². The van der Waals surface area contributed by atoms with Gasteiger partial charge in [0.15, 0.2) is 0 Å². The van der Waals surface area contributed by atoms with E-state index in [1.165, 1.54) is 18.2 Å². The topological polar surface area (TPSA) is 87.7 Å². The minimum Gasteiger partial charge on any atom is -0.478 e. The third-order valence-corrected chi connectivity index (χ3v) is 4.18. The van der Waals surface area contributed by atoms with Gasteiger partial charge >= 0.3 is 5.97 Å². The van der Waals surface area contributed by atoms with Gasteiger partial charge in [0.1, 0.15) is 11.2 Å². The molecule has 0 aliphatic rings. The molecular formula is C19H18O5. The Balaban J connectivity index is 2.47. The van der Waals surface area contributed by atoms with Gasteiger partial charge in [-0.15, -0.1) is 0 Å². The molecule has 0 spiro atoms. The van der Waals surface area contributed by atoms with Crippen LogP contribution in [0.5, 0.6) is 0 Å². The summed E-state index contributed by atoms with van der Waals surface area (Å²) in [5, 5.41) is 19.8. The maximum atomic E-state index is 12.9. The Hall–Kier alpha value is -2.66. The second kappa shape index (κ2) is 5.76. The number of carboxylic acid groups (broad SMARTS) is 1. The highest BCUT2D eigenvalue weighted by atomic mass is 16.4. The van der Waals surface area contributed by atoms with Crippen molar-refractivity contribution in [3.63, 3.8) is 0 Å². The zero-order chi connectivity index (χ0) is 17.6. The van der Waals surface area contributed by atoms with Crippen LogP contribution in [0.2, 0.25) is 0 Å². The Morgan fingerprint density at radius 3 is 2.38 bits per heavy atom. The van der Waals surface area contributed by atoms with Crippen LogP contribution in [-0.2, 0) is 0 Å². The van der Waals surface area contributed by atoms with Crippen LogP contribution in [0.25, 0.3) is 21.9 Å². The molecule has 1 unspecified atom stereocenters. The maximum Gasteiger partial charge on any atom is 0.335 e. The smallest absolute Gasteiger partial charge is 0.335 e. The third-order valence-electron chi connectivity index (χ3n) is 4.18. The number of aromatic carboxylic acids is 1. The van der Waals surface area contributed by atoms with Crippen LogP contribution in [0.3, 0.4) is 0 Å². The van der Waals surface area contributed by atoms with E-state index >= 15 is 0 Å². The average Bonchev–Trinajstić information content (AvgIpc) is 2.53. The molecule has 3 rings (SSSR count). The SMILES string of the molecule is CC(C)c1cc(C(C)O)c2oc3ccc(C(=O)O)cc3c(=O)c2c1. The lowest BCUT2D eigenvalue weighted by Crippen LogP contribution is -2.08. The van der Waals surface area contributed by atoms with E-state index in [0.29, 0.717) is 22.1 Å². The molecule has 0 radical (unpaired) electrons. The summed E-state index contributed by atoms with van der Waals surface area (Å²) in [6.07, 6.45) is -0.787. The molecule has 3 aromatic rings. The first kappa shape index (κ1) is 16.2. The lowest BCUT2D eigenvalue weighted by Gasteiger charge is -2.14. The first-order valence-electron chi connectivity index (χ1n) is 7.75. The van der Waals surface area contributed by atoms with Crippen molar-refractivity contribution in [3.05, 3.63) is 57.2 Å². The molecule has 5 heteroatoms. The molecule has 2 aromatic carbocycles. The lowest BCUT2D eigenvalue weighted by molar-refractivity contribution is 0.0697. The normalized spacial score (nSPS) is 12.9. The molecule has 0 fully saturated rings. The quantitative estimate of drug-likeness (QED) is 0.714. The minimum atomic E-state index is -1.10.